The number of benzene rings is 1. The minimum atomic E-state index is 0.616. The molecule has 1 fully saturated rings. The van der Waals surface area contributed by atoms with E-state index in [9.17, 15) is 0 Å². The fraction of sp³-hybridized carbons (Fsp3) is 0.455. The Labute approximate surface area is 97.8 Å². The van der Waals surface area contributed by atoms with E-state index in [0.717, 1.165) is 4.47 Å². The van der Waals surface area contributed by atoms with Crippen LogP contribution in [0.2, 0.25) is 0 Å². The van der Waals surface area contributed by atoms with Crippen molar-refractivity contribution in [2.45, 2.75) is 29.5 Å². The van der Waals surface area contributed by atoms with Gasteiger partial charge in [0.05, 0.1) is 5.37 Å². The molecule has 0 saturated carbocycles. The van der Waals surface area contributed by atoms with Gasteiger partial charge >= 0.3 is 0 Å². The number of piperidine rings is 1. The van der Waals surface area contributed by atoms with Gasteiger partial charge in [-0.25, -0.2) is 0 Å². The Hall–Kier alpha value is 0.01000. The van der Waals surface area contributed by atoms with Crippen LogP contribution in [0.25, 0.3) is 0 Å². The van der Waals surface area contributed by atoms with Crippen LogP contribution in [0.3, 0.4) is 0 Å². The predicted octanol–water partition coefficient (Wildman–Crippen LogP) is 3.64. The fourth-order valence-electron chi connectivity index (χ4n) is 1.60. The molecule has 1 aliphatic rings. The van der Waals surface area contributed by atoms with Crippen LogP contribution in [0.5, 0.6) is 0 Å². The van der Waals surface area contributed by atoms with Crippen molar-refractivity contribution in [1.82, 2.24) is 5.32 Å². The number of hydrogen-bond donors (Lipinski definition) is 1. The maximum Gasteiger partial charge on any atom is 0.0579 e. The molecule has 0 spiro atoms. The van der Waals surface area contributed by atoms with E-state index in [1.165, 1.54) is 30.7 Å². The van der Waals surface area contributed by atoms with Gasteiger partial charge in [-0.1, -0.05) is 15.9 Å². The van der Waals surface area contributed by atoms with Crippen molar-refractivity contribution in [3.63, 3.8) is 0 Å². The highest BCUT2D eigenvalue weighted by atomic mass is 79.9. The van der Waals surface area contributed by atoms with E-state index < -0.39 is 0 Å². The molecule has 1 heterocycles. The van der Waals surface area contributed by atoms with Gasteiger partial charge in [0.15, 0.2) is 0 Å². The smallest absolute Gasteiger partial charge is 0.0579 e. The van der Waals surface area contributed by atoms with Crippen LogP contribution < -0.4 is 5.32 Å². The highest BCUT2D eigenvalue weighted by Gasteiger charge is 2.12. The van der Waals surface area contributed by atoms with Crippen molar-refractivity contribution in [1.29, 1.82) is 0 Å². The lowest BCUT2D eigenvalue weighted by Crippen LogP contribution is -2.30. The molecule has 1 aromatic rings. The molecule has 1 aliphatic heterocycles. The molecule has 3 heteroatoms. The normalized spacial score (nSPS) is 22.2. The van der Waals surface area contributed by atoms with E-state index in [-0.39, 0.29) is 0 Å². The second-order valence-electron chi connectivity index (χ2n) is 3.51. The molecule has 0 bridgehead atoms. The van der Waals surface area contributed by atoms with Gasteiger partial charge in [-0.3, -0.25) is 0 Å². The lowest BCUT2D eigenvalue weighted by atomic mass is 10.2. The van der Waals surface area contributed by atoms with Gasteiger partial charge < -0.3 is 5.32 Å². The summed E-state index contributed by atoms with van der Waals surface area (Å²) in [7, 11) is 0. The molecule has 76 valence electrons. The number of rotatable bonds is 2. The zero-order valence-corrected chi connectivity index (χ0v) is 10.4. The highest BCUT2D eigenvalue weighted by molar-refractivity contribution is 9.10. The molecule has 1 saturated heterocycles. The third kappa shape index (κ3) is 3.01. The maximum atomic E-state index is 3.53. The first-order valence-corrected chi connectivity index (χ1v) is 6.67. The van der Waals surface area contributed by atoms with Gasteiger partial charge in [-0.05, 0) is 50.1 Å². The summed E-state index contributed by atoms with van der Waals surface area (Å²) in [6.07, 6.45) is 3.99. The SMILES string of the molecule is Brc1ccc(SC2CCCCN2)cc1. The molecule has 0 amide bonds. The summed E-state index contributed by atoms with van der Waals surface area (Å²) < 4.78 is 1.15. The monoisotopic (exact) mass is 271 g/mol. The highest BCUT2D eigenvalue weighted by Crippen LogP contribution is 2.27. The zero-order valence-electron chi connectivity index (χ0n) is 8.00. The summed E-state index contributed by atoms with van der Waals surface area (Å²) in [6, 6.07) is 8.55. The second kappa shape index (κ2) is 5.19. The summed E-state index contributed by atoms with van der Waals surface area (Å²) in [4.78, 5) is 1.35. The Kier molecular flexibility index (Phi) is 3.90. The summed E-state index contributed by atoms with van der Waals surface area (Å²) in [5.74, 6) is 0. The molecule has 1 aromatic carbocycles. The Morgan fingerprint density at radius 3 is 2.64 bits per heavy atom. The Morgan fingerprint density at radius 1 is 1.21 bits per heavy atom. The predicted molar refractivity (Wildman–Crippen MR) is 65.6 cm³/mol. The van der Waals surface area contributed by atoms with E-state index in [1.54, 1.807) is 0 Å². The molecule has 14 heavy (non-hydrogen) atoms. The third-order valence-electron chi connectivity index (χ3n) is 2.36. The molecular formula is C11H14BrNS. The molecule has 0 aliphatic carbocycles. The summed E-state index contributed by atoms with van der Waals surface area (Å²) in [5, 5.41) is 4.15. The molecule has 1 unspecified atom stereocenters. The summed E-state index contributed by atoms with van der Waals surface area (Å²) >= 11 is 5.39. The summed E-state index contributed by atoms with van der Waals surface area (Å²) in [5.41, 5.74) is 0. The minimum Gasteiger partial charge on any atom is -0.305 e. The lowest BCUT2D eigenvalue weighted by molar-refractivity contribution is 0.491. The number of thioether (sulfide) groups is 1. The van der Waals surface area contributed by atoms with Gasteiger partial charge in [0.2, 0.25) is 0 Å². The van der Waals surface area contributed by atoms with Gasteiger partial charge in [0, 0.05) is 9.37 Å². The van der Waals surface area contributed by atoms with Crippen molar-refractivity contribution < 1.29 is 0 Å². The molecule has 1 nitrogen and oxygen atoms in total. The van der Waals surface area contributed by atoms with Gasteiger partial charge in [0.1, 0.15) is 0 Å². The average molecular weight is 272 g/mol. The molecule has 0 aromatic heterocycles. The Balaban J connectivity index is 1.92. The van der Waals surface area contributed by atoms with Gasteiger partial charge in [0.25, 0.3) is 0 Å². The van der Waals surface area contributed by atoms with E-state index in [1.807, 2.05) is 11.8 Å². The van der Waals surface area contributed by atoms with Crippen molar-refractivity contribution in [3.8, 4) is 0 Å². The largest absolute Gasteiger partial charge is 0.305 e. The van der Waals surface area contributed by atoms with Crippen LogP contribution in [0.15, 0.2) is 33.6 Å². The first kappa shape index (κ1) is 10.5. The minimum absolute atomic E-state index is 0.616. The lowest BCUT2D eigenvalue weighted by Gasteiger charge is -2.22. The number of nitrogens with one attached hydrogen (secondary N) is 1. The first-order valence-electron chi connectivity index (χ1n) is 5.00. The van der Waals surface area contributed by atoms with E-state index in [0.29, 0.717) is 5.37 Å². The van der Waals surface area contributed by atoms with E-state index >= 15 is 0 Å². The Morgan fingerprint density at radius 2 is 2.00 bits per heavy atom. The molecular weight excluding hydrogens is 258 g/mol. The standard InChI is InChI=1S/C11H14BrNS/c12-9-4-6-10(7-5-9)14-11-3-1-2-8-13-11/h4-7,11,13H,1-3,8H2. The van der Waals surface area contributed by atoms with Crippen molar-refractivity contribution in [2.24, 2.45) is 0 Å². The molecule has 2 rings (SSSR count). The van der Waals surface area contributed by atoms with Crippen LogP contribution in [-0.4, -0.2) is 11.9 Å². The van der Waals surface area contributed by atoms with Crippen LogP contribution in [-0.2, 0) is 0 Å². The first-order chi connectivity index (χ1) is 6.84. The fourth-order valence-corrected chi connectivity index (χ4v) is 2.97. The maximum absolute atomic E-state index is 3.53. The van der Waals surface area contributed by atoms with Crippen LogP contribution >= 0.6 is 27.7 Å². The van der Waals surface area contributed by atoms with Gasteiger partial charge in [-0.2, -0.15) is 0 Å². The topological polar surface area (TPSA) is 12.0 Å². The van der Waals surface area contributed by atoms with Crippen molar-refractivity contribution >= 4 is 27.7 Å². The van der Waals surface area contributed by atoms with Crippen LogP contribution in [0.1, 0.15) is 19.3 Å². The molecule has 1 N–H and O–H groups in total. The van der Waals surface area contributed by atoms with E-state index in [4.69, 9.17) is 0 Å². The molecule has 0 radical (unpaired) electrons. The van der Waals surface area contributed by atoms with Crippen molar-refractivity contribution in [3.05, 3.63) is 28.7 Å². The third-order valence-corrected chi connectivity index (χ3v) is 4.12. The number of hydrogen-bond acceptors (Lipinski definition) is 2. The van der Waals surface area contributed by atoms with Crippen LogP contribution in [0.4, 0.5) is 0 Å². The van der Waals surface area contributed by atoms with E-state index in [2.05, 4.69) is 45.5 Å². The van der Waals surface area contributed by atoms with Crippen molar-refractivity contribution in [2.75, 3.05) is 6.54 Å². The second-order valence-corrected chi connectivity index (χ2v) is 5.70. The quantitative estimate of drug-likeness (QED) is 0.882. The Bertz CT molecular complexity index is 280. The average Bonchev–Trinajstić information content (AvgIpc) is 2.23. The van der Waals surface area contributed by atoms with Crippen LogP contribution in [0, 0.1) is 0 Å². The zero-order chi connectivity index (χ0) is 9.80. The van der Waals surface area contributed by atoms with Gasteiger partial charge in [-0.15, -0.1) is 11.8 Å². The summed E-state index contributed by atoms with van der Waals surface area (Å²) in [6.45, 7) is 1.17. The molecule has 1 atom stereocenters. The number of halogens is 1.